The Morgan fingerprint density at radius 3 is 2.20 bits per heavy atom. The SMILES string of the molecule is Cc1cc(B2OC(C)(C)C(C)(C)O2)ccc1C(=O)NN. The molecule has 1 saturated heterocycles. The van der Waals surface area contributed by atoms with Gasteiger partial charge in [-0.1, -0.05) is 12.1 Å². The van der Waals surface area contributed by atoms with Crippen LogP contribution in [0.15, 0.2) is 18.2 Å². The van der Waals surface area contributed by atoms with Gasteiger partial charge in [-0.3, -0.25) is 10.2 Å². The van der Waals surface area contributed by atoms with Crippen molar-refractivity contribution in [3.63, 3.8) is 0 Å². The third-order valence-electron chi connectivity index (χ3n) is 4.15. The number of hydrogen-bond acceptors (Lipinski definition) is 4. The highest BCUT2D eigenvalue weighted by atomic mass is 16.7. The van der Waals surface area contributed by atoms with E-state index in [0.717, 1.165) is 11.0 Å². The molecule has 0 bridgehead atoms. The number of amides is 1. The minimum absolute atomic E-state index is 0.303. The van der Waals surface area contributed by atoms with Crippen LogP contribution in [0.25, 0.3) is 0 Å². The minimum Gasteiger partial charge on any atom is -0.399 e. The Morgan fingerprint density at radius 2 is 1.75 bits per heavy atom. The lowest BCUT2D eigenvalue weighted by molar-refractivity contribution is 0.00578. The Bertz CT molecular complexity index is 527. The van der Waals surface area contributed by atoms with Gasteiger partial charge in [0.1, 0.15) is 0 Å². The van der Waals surface area contributed by atoms with Crippen LogP contribution in [-0.4, -0.2) is 24.2 Å². The van der Waals surface area contributed by atoms with Gasteiger partial charge in [0.15, 0.2) is 0 Å². The number of hydrazine groups is 1. The average molecular weight is 276 g/mol. The summed E-state index contributed by atoms with van der Waals surface area (Å²) in [4.78, 5) is 11.6. The summed E-state index contributed by atoms with van der Waals surface area (Å²) in [5, 5.41) is 0. The molecule has 2 rings (SSSR count). The van der Waals surface area contributed by atoms with Gasteiger partial charge in [0.05, 0.1) is 11.2 Å². The second-order valence-corrected chi connectivity index (χ2v) is 6.14. The number of carbonyl (C=O) groups excluding carboxylic acids is 1. The van der Waals surface area contributed by atoms with Crippen molar-refractivity contribution in [1.29, 1.82) is 0 Å². The molecule has 5 nitrogen and oxygen atoms in total. The van der Waals surface area contributed by atoms with Crippen molar-refractivity contribution in [2.45, 2.75) is 45.8 Å². The first kappa shape index (κ1) is 15.0. The predicted molar refractivity (Wildman–Crippen MR) is 78.5 cm³/mol. The normalized spacial score (nSPS) is 20.0. The van der Waals surface area contributed by atoms with E-state index in [9.17, 15) is 4.79 Å². The van der Waals surface area contributed by atoms with E-state index >= 15 is 0 Å². The van der Waals surface area contributed by atoms with E-state index in [1.54, 1.807) is 6.07 Å². The van der Waals surface area contributed by atoms with Gasteiger partial charge in [-0.25, -0.2) is 5.84 Å². The van der Waals surface area contributed by atoms with Crippen LogP contribution in [0, 0.1) is 6.92 Å². The highest BCUT2D eigenvalue weighted by Crippen LogP contribution is 2.36. The van der Waals surface area contributed by atoms with Crippen LogP contribution in [0.4, 0.5) is 0 Å². The Hall–Kier alpha value is -1.37. The topological polar surface area (TPSA) is 73.6 Å². The second-order valence-electron chi connectivity index (χ2n) is 6.14. The lowest BCUT2D eigenvalue weighted by atomic mass is 9.78. The Morgan fingerprint density at radius 1 is 1.20 bits per heavy atom. The molecule has 6 heteroatoms. The maximum absolute atomic E-state index is 11.6. The van der Waals surface area contributed by atoms with Gasteiger partial charge in [-0.15, -0.1) is 0 Å². The molecule has 0 unspecified atom stereocenters. The van der Waals surface area contributed by atoms with Gasteiger partial charge in [-0.05, 0) is 51.7 Å². The van der Waals surface area contributed by atoms with E-state index in [-0.39, 0.29) is 17.1 Å². The van der Waals surface area contributed by atoms with Gasteiger partial charge < -0.3 is 9.31 Å². The molecule has 1 aromatic rings. The van der Waals surface area contributed by atoms with Crippen LogP contribution < -0.4 is 16.7 Å². The second kappa shape index (κ2) is 4.88. The summed E-state index contributed by atoms with van der Waals surface area (Å²) in [6.45, 7) is 9.90. The monoisotopic (exact) mass is 276 g/mol. The molecule has 1 amide bonds. The lowest BCUT2D eigenvalue weighted by Gasteiger charge is -2.32. The summed E-state index contributed by atoms with van der Waals surface area (Å²) in [6, 6.07) is 5.46. The summed E-state index contributed by atoms with van der Waals surface area (Å²) in [5.74, 6) is 4.85. The third kappa shape index (κ3) is 2.46. The van der Waals surface area contributed by atoms with Gasteiger partial charge in [0, 0.05) is 5.56 Å². The Balaban J connectivity index is 2.28. The van der Waals surface area contributed by atoms with E-state index in [2.05, 4.69) is 5.43 Å². The smallest absolute Gasteiger partial charge is 0.399 e. The van der Waals surface area contributed by atoms with Crippen molar-refractivity contribution >= 4 is 18.5 Å². The zero-order chi connectivity index (χ0) is 15.1. The first-order valence-electron chi connectivity index (χ1n) is 6.65. The molecule has 1 fully saturated rings. The fourth-order valence-electron chi connectivity index (χ4n) is 2.15. The molecule has 0 aromatic heterocycles. The molecule has 0 radical (unpaired) electrons. The van der Waals surface area contributed by atoms with Gasteiger partial charge in [-0.2, -0.15) is 0 Å². The summed E-state index contributed by atoms with van der Waals surface area (Å²) >= 11 is 0. The number of nitrogens with two attached hydrogens (primary N) is 1. The van der Waals surface area contributed by atoms with E-state index < -0.39 is 7.12 Å². The summed E-state index contributed by atoms with van der Waals surface area (Å²) in [6.07, 6.45) is 0. The van der Waals surface area contributed by atoms with Crippen LogP contribution in [-0.2, 0) is 9.31 Å². The third-order valence-corrected chi connectivity index (χ3v) is 4.15. The zero-order valence-electron chi connectivity index (χ0n) is 12.6. The molecule has 1 heterocycles. The number of nitrogens with one attached hydrogen (secondary N) is 1. The van der Waals surface area contributed by atoms with Gasteiger partial charge in [0.2, 0.25) is 0 Å². The van der Waals surface area contributed by atoms with E-state index in [1.165, 1.54) is 0 Å². The lowest BCUT2D eigenvalue weighted by Crippen LogP contribution is -2.41. The molecule has 1 aliphatic heterocycles. The van der Waals surface area contributed by atoms with E-state index in [4.69, 9.17) is 15.2 Å². The van der Waals surface area contributed by atoms with Crippen LogP contribution in [0.2, 0.25) is 0 Å². The Labute approximate surface area is 119 Å². The summed E-state index contributed by atoms with van der Waals surface area (Å²) < 4.78 is 12.0. The molecule has 20 heavy (non-hydrogen) atoms. The first-order valence-corrected chi connectivity index (χ1v) is 6.65. The van der Waals surface area contributed by atoms with Crippen molar-refractivity contribution in [2.24, 2.45) is 5.84 Å². The van der Waals surface area contributed by atoms with Crippen LogP contribution >= 0.6 is 0 Å². The molecular formula is C14H21BN2O3. The van der Waals surface area contributed by atoms with Gasteiger partial charge >= 0.3 is 7.12 Å². The fraction of sp³-hybridized carbons (Fsp3) is 0.500. The maximum atomic E-state index is 11.6. The van der Waals surface area contributed by atoms with Crippen LogP contribution in [0.5, 0.6) is 0 Å². The number of aryl methyl sites for hydroxylation is 1. The molecule has 1 aromatic carbocycles. The highest BCUT2D eigenvalue weighted by Gasteiger charge is 2.51. The Kier molecular flexibility index (Phi) is 3.66. The highest BCUT2D eigenvalue weighted by molar-refractivity contribution is 6.62. The molecule has 0 atom stereocenters. The van der Waals surface area contributed by atoms with E-state index in [1.807, 2.05) is 46.8 Å². The number of carbonyl (C=O) groups is 1. The van der Waals surface area contributed by atoms with Crippen molar-refractivity contribution in [3.8, 4) is 0 Å². The van der Waals surface area contributed by atoms with Crippen LogP contribution in [0.3, 0.4) is 0 Å². The zero-order valence-corrected chi connectivity index (χ0v) is 12.6. The van der Waals surface area contributed by atoms with Crippen molar-refractivity contribution in [3.05, 3.63) is 29.3 Å². The maximum Gasteiger partial charge on any atom is 0.494 e. The summed E-state index contributed by atoms with van der Waals surface area (Å²) in [7, 11) is -0.423. The number of rotatable bonds is 2. The molecule has 0 spiro atoms. The molecule has 3 N–H and O–H groups in total. The molecule has 0 saturated carbocycles. The molecule has 108 valence electrons. The molecule has 1 aliphatic rings. The van der Waals surface area contributed by atoms with E-state index in [0.29, 0.717) is 5.56 Å². The molecular weight excluding hydrogens is 255 g/mol. The van der Waals surface area contributed by atoms with Crippen molar-refractivity contribution in [1.82, 2.24) is 5.43 Å². The summed E-state index contributed by atoms with van der Waals surface area (Å²) in [5.41, 5.74) is 3.66. The number of nitrogen functional groups attached to an aromatic ring is 1. The number of hydrogen-bond donors (Lipinski definition) is 2. The minimum atomic E-state index is -0.423. The number of benzene rings is 1. The fourth-order valence-corrected chi connectivity index (χ4v) is 2.15. The largest absolute Gasteiger partial charge is 0.494 e. The standard InChI is InChI=1S/C14H21BN2O3/c1-9-8-10(6-7-11(9)12(18)17-16)15-19-13(2,3)14(4,5)20-15/h6-8H,16H2,1-5H3,(H,17,18). The van der Waals surface area contributed by atoms with Crippen molar-refractivity contribution in [2.75, 3.05) is 0 Å². The first-order chi connectivity index (χ1) is 9.18. The average Bonchev–Trinajstić information content (AvgIpc) is 2.57. The van der Waals surface area contributed by atoms with Gasteiger partial charge in [0.25, 0.3) is 5.91 Å². The van der Waals surface area contributed by atoms with Crippen molar-refractivity contribution < 1.29 is 14.1 Å². The predicted octanol–water partition coefficient (Wildman–Crippen LogP) is 0.898. The quantitative estimate of drug-likeness (QED) is 0.364. The van der Waals surface area contributed by atoms with Crippen LogP contribution in [0.1, 0.15) is 43.6 Å². The molecule has 0 aliphatic carbocycles.